The zero-order valence-electron chi connectivity index (χ0n) is 12.7. The van der Waals surface area contributed by atoms with Gasteiger partial charge in [0.15, 0.2) is 0 Å². The summed E-state index contributed by atoms with van der Waals surface area (Å²) < 4.78 is 0. The second kappa shape index (κ2) is 6.47. The molecule has 1 saturated heterocycles. The van der Waals surface area contributed by atoms with Crippen LogP contribution in [-0.4, -0.2) is 41.8 Å². The number of hydrogen-bond donors (Lipinski definition) is 2. The lowest BCUT2D eigenvalue weighted by molar-refractivity contribution is 0.151. The van der Waals surface area contributed by atoms with Crippen molar-refractivity contribution < 1.29 is 9.90 Å². The number of aliphatic hydroxyl groups excluding tert-OH is 1. The number of carbonyl (C=O) groups is 1. The van der Waals surface area contributed by atoms with Crippen LogP contribution >= 0.6 is 11.6 Å². The smallest absolute Gasteiger partial charge is 0.317 e. The molecule has 2 amide bonds. The maximum absolute atomic E-state index is 12.4. The Kier molecular flexibility index (Phi) is 4.59. The van der Waals surface area contributed by atoms with Gasteiger partial charge in [-0.05, 0) is 37.3 Å². The molecular weight excluding hydrogens is 300 g/mol. The van der Waals surface area contributed by atoms with E-state index in [9.17, 15) is 9.90 Å². The second-order valence-corrected chi connectivity index (χ2v) is 6.85. The Morgan fingerprint density at radius 3 is 2.77 bits per heavy atom. The SMILES string of the molecule is O=C(NCC1(c2ccccc2Cl)CCC1)N1CCC[C@@H]1CO. The number of rotatable bonds is 4. The second-order valence-electron chi connectivity index (χ2n) is 6.44. The van der Waals surface area contributed by atoms with Gasteiger partial charge in [-0.3, -0.25) is 0 Å². The molecule has 0 aromatic heterocycles. The highest BCUT2D eigenvalue weighted by atomic mass is 35.5. The minimum Gasteiger partial charge on any atom is -0.394 e. The average molecular weight is 323 g/mol. The highest BCUT2D eigenvalue weighted by Crippen LogP contribution is 2.45. The zero-order valence-corrected chi connectivity index (χ0v) is 13.5. The summed E-state index contributed by atoms with van der Waals surface area (Å²) in [5.41, 5.74) is 1.12. The van der Waals surface area contributed by atoms with E-state index in [0.717, 1.165) is 42.8 Å². The summed E-state index contributed by atoms with van der Waals surface area (Å²) in [6.45, 7) is 1.39. The highest BCUT2D eigenvalue weighted by molar-refractivity contribution is 6.31. The number of aliphatic hydroxyl groups is 1. The molecule has 5 heteroatoms. The van der Waals surface area contributed by atoms with Gasteiger partial charge in [-0.25, -0.2) is 4.79 Å². The average Bonchev–Trinajstić information content (AvgIpc) is 2.96. The summed E-state index contributed by atoms with van der Waals surface area (Å²) in [5.74, 6) is 0. The maximum atomic E-state index is 12.4. The standard InChI is InChI=1S/C17H23ClN2O2/c18-15-7-2-1-6-14(15)17(8-4-9-17)12-19-16(22)20-10-3-5-13(20)11-21/h1-2,6-7,13,21H,3-5,8-12H2,(H,19,22)/t13-/m1/s1. The highest BCUT2D eigenvalue weighted by Gasteiger charge is 2.40. The normalized spacial score (nSPS) is 23.2. The number of nitrogens with one attached hydrogen (secondary N) is 1. The number of amides is 2. The van der Waals surface area contributed by atoms with Crippen LogP contribution in [0.25, 0.3) is 0 Å². The fourth-order valence-corrected chi connectivity index (χ4v) is 4.01. The van der Waals surface area contributed by atoms with Gasteiger partial charge in [-0.15, -0.1) is 0 Å². The third-order valence-corrected chi connectivity index (χ3v) is 5.51. The Bertz CT molecular complexity index is 545. The van der Waals surface area contributed by atoms with Crippen LogP contribution in [0.15, 0.2) is 24.3 Å². The van der Waals surface area contributed by atoms with Crippen LogP contribution in [0.5, 0.6) is 0 Å². The molecule has 2 fully saturated rings. The number of halogens is 1. The molecule has 4 nitrogen and oxygen atoms in total. The number of hydrogen-bond acceptors (Lipinski definition) is 2. The first-order chi connectivity index (χ1) is 10.7. The van der Waals surface area contributed by atoms with Gasteiger partial charge in [0, 0.05) is 23.5 Å². The minimum absolute atomic E-state index is 0.0254. The Morgan fingerprint density at radius 1 is 1.36 bits per heavy atom. The van der Waals surface area contributed by atoms with E-state index in [0.29, 0.717) is 6.54 Å². The van der Waals surface area contributed by atoms with Gasteiger partial charge < -0.3 is 15.3 Å². The molecule has 0 bridgehead atoms. The van der Waals surface area contributed by atoms with Gasteiger partial charge in [-0.1, -0.05) is 36.2 Å². The van der Waals surface area contributed by atoms with Crippen molar-refractivity contribution >= 4 is 17.6 Å². The summed E-state index contributed by atoms with van der Waals surface area (Å²) in [6.07, 6.45) is 5.14. The van der Waals surface area contributed by atoms with Crippen LogP contribution in [0.1, 0.15) is 37.7 Å². The van der Waals surface area contributed by atoms with Crippen LogP contribution in [-0.2, 0) is 5.41 Å². The molecule has 2 N–H and O–H groups in total. The van der Waals surface area contributed by atoms with Crippen molar-refractivity contribution in [2.24, 2.45) is 0 Å². The number of nitrogens with zero attached hydrogens (tertiary/aromatic N) is 1. The first kappa shape index (κ1) is 15.6. The minimum atomic E-state index is -0.0603. The van der Waals surface area contributed by atoms with E-state index in [1.54, 1.807) is 4.90 Å². The van der Waals surface area contributed by atoms with E-state index in [4.69, 9.17) is 11.6 Å². The number of urea groups is 1. The van der Waals surface area contributed by atoms with Crippen LogP contribution in [0.3, 0.4) is 0 Å². The van der Waals surface area contributed by atoms with E-state index in [2.05, 4.69) is 11.4 Å². The summed E-state index contributed by atoms with van der Waals surface area (Å²) >= 11 is 6.35. The third kappa shape index (κ3) is 2.82. The molecule has 1 saturated carbocycles. The zero-order chi connectivity index (χ0) is 15.6. The Labute approximate surface area is 136 Å². The number of benzene rings is 1. The number of likely N-dealkylation sites (tertiary alicyclic amines) is 1. The molecule has 1 aromatic carbocycles. The number of carbonyl (C=O) groups excluding carboxylic acids is 1. The monoisotopic (exact) mass is 322 g/mol. The lowest BCUT2D eigenvalue weighted by Crippen LogP contribution is -2.51. The summed E-state index contributed by atoms with van der Waals surface area (Å²) in [6, 6.07) is 7.84. The largest absolute Gasteiger partial charge is 0.394 e. The van der Waals surface area contributed by atoms with Crippen LogP contribution < -0.4 is 5.32 Å². The molecule has 0 spiro atoms. The Morgan fingerprint density at radius 2 is 2.14 bits per heavy atom. The van der Waals surface area contributed by atoms with E-state index >= 15 is 0 Å². The molecule has 1 heterocycles. The van der Waals surface area contributed by atoms with E-state index < -0.39 is 0 Å². The van der Waals surface area contributed by atoms with Crippen molar-refractivity contribution in [1.29, 1.82) is 0 Å². The molecule has 22 heavy (non-hydrogen) atoms. The van der Waals surface area contributed by atoms with Gasteiger partial charge in [0.2, 0.25) is 0 Å². The van der Waals surface area contributed by atoms with Crippen molar-refractivity contribution in [2.75, 3.05) is 19.7 Å². The van der Waals surface area contributed by atoms with E-state index in [1.807, 2.05) is 18.2 Å². The van der Waals surface area contributed by atoms with Crippen molar-refractivity contribution in [3.8, 4) is 0 Å². The topological polar surface area (TPSA) is 52.6 Å². The summed E-state index contributed by atoms with van der Waals surface area (Å²) in [7, 11) is 0. The van der Waals surface area contributed by atoms with Crippen molar-refractivity contribution in [2.45, 2.75) is 43.6 Å². The van der Waals surface area contributed by atoms with Gasteiger partial charge in [0.1, 0.15) is 0 Å². The van der Waals surface area contributed by atoms with Crippen LogP contribution in [0.2, 0.25) is 5.02 Å². The van der Waals surface area contributed by atoms with Gasteiger partial charge in [-0.2, -0.15) is 0 Å². The summed E-state index contributed by atoms with van der Waals surface area (Å²) in [5, 5.41) is 13.2. The molecular formula is C17H23ClN2O2. The predicted octanol–water partition coefficient (Wildman–Crippen LogP) is 2.93. The maximum Gasteiger partial charge on any atom is 0.317 e. The molecule has 1 aromatic rings. The third-order valence-electron chi connectivity index (χ3n) is 5.18. The van der Waals surface area contributed by atoms with E-state index in [-0.39, 0.29) is 24.1 Å². The Balaban J connectivity index is 1.67. The van der Waals surface area contributed by atoms with Crippen molar-refractivity contribution in [3.05, 3.63) is 34.9 Å². The molecule has 120 valence electrons. The first-order valence-electron chi connectivity index (χ1n) is 8.07. The lowest BCUT2D eigenvalue weighted by Gasteiger charge is -2.43. The fraction of sp³-hybridized carbons (Fsp3) is 0.588. The quantitative estimate of drug-likeness (QED) is 0.895. The van der Waals surface area contributed by atoms with Gasteiger partial charge in [0.05, 0.1) is 12.6 Å². The summed E-state index contributed by atoms with van der Waals surface area (Å²) in [4.78, 5) is 14.2. The predicted molar refractivity (Wildman–Crippen MR) is 87.2 cm³/mol. The fourth-order valence-electron chi connectivity index (χ4n) is 3.68. The van der Waals surface area contributed by atoms with Crippen molar-refractivity contribution in [1.82, 2.24) is 10.2 Å². The van der Waals surface area contributed by atoms with Gasteiger partial charge in [0.25, 0.3) is 0 Å². The first-order valence-corrected chi connectivity index (χ1v) is 8.44. The molecule has 3 rings (SSSR count). The Hall–Kier alpha value is -1.26. The lowest BCUT2D eigenvalue weighted by atomic mass is 9.64. The molecule has 1 aliphatic heterocycles. The molecule has 1 atom stereocenters. The van der Waals surface area contributed by atoms with E-state index in [1.165, 1.54) is 6.42 Å². The van der Waals surface area contributed by atoms with Crippen LogP contribution in [0, 0.1) is 0 Å². The van der Waals surface area contributed by atoms with Gasteiger partial charge >= 0.3 is 6.03 Å². The molecule has 0 radical (unpaired) electrons. The molecule has 1 aliphatic carbocycles. The molecule has 0 unspecified atom stereocenters. The molecule has 2 aliphatic rings. The van der Waals surface area contributed by atoms with Crippen LogP contribution in [0.4, 0.5) is 4.79 Å². The van der Waals surface area contributed by atoms with Crippen molar-refractivity contribution in [3.63, 3.8) is 0 Å².